The van der Waals surface area contributed by atoms with Gasteiger partial charge in [-0.3, -0.25) is 4.79 Å². The second-order valence-electron chi connectivity index (χ2n) is 8.94. The number of aliphatic hydroxyl groups excluding tert-OH is 2. The molecule has 32 heavy (non-hydrogen) atoms. The van der Waals surface area contributed by atoms with Crippen LogP contribution in [0, 0.1) is 5.41 Å². The normalized spacial score (nSPS) is 24.7. The van der Waals surface area contributed by atoms with Gasteiger partial charge in [-0.15, -0.1) is 5.10 Å². The number of hydrogen-bond acceptors (Lipinski definition) is 8. The summed E-state index contributed by atoms with van der Waals surface area (Å²) in [4.78, 5) is 17.3. The minimum Gasteiger partial charge on any atom is -0.387 e. The third-order valence-electron chi connectivity index (χ3n) is 7.18. The Balaban J connectivity index is 1.18. The summed E-state index contributed by atoms with van der Waals surface area (Å²) < 4.78 is 6.85. The van der Waals surface area contributed by atoms with Gasteiger partial charge in [0.2, 0.25) is 5.91 Å². The molecule has 3 aliphatic heterocycles. The van der Waals surface area contributed by atoms with Crippen molar-refractivity contribution in [1.29, 1.82) is 0 Å². The van der Waals surface area contributed by atoms with E-state index in [9.17, 15) is 15.0 Å². The summed E-state index contributed by atoms with van der Waals surface area (Å²) >= 11 is 0. The minimum atomic E-state index is -0.903. The number of likely N-dealkylation sites (tertiary alicyclic amines) is 2. The summed E-state index contributed by atoms with van der Waals surface area (Å²) in [6, 6.07) is 7.54. The van der Waals surface area contributed by atoms with Crippen LogP contribution < -0.4 is 0 Å². The molecular weight excluding hydrogens is 412 g/mol. The minimum absolute atomic E-state index is 0.155. The molecule has 1 unspecified atom stereocenters. The standard InChI is InChI=1S/C22H28N6O4/c1-15-18(13-32-20(15)30)27-11-8-22(21(27)31)6-9-26(10-7-22)12-19(29)16-2-4-17(5-3-16)28-14-23-24-25-28/h2-5,14,19-20,29-30H,6-13H2,1H3/t19-,20?/m0/s1. The molecule has 1 amide bonds. The van der Waals surface area contributed by atoms with E-state index >= 15 is 0 Å². The van der Waals surface area contributed by atoms with E-state index in [0.717, 1.165) is 54.9 Å². The van der Waals surface area contributed by atoms with E-state index in [1.165, 1.54) is 6.33 Å². The van der Waals surface area contributed by atoms with Gasteiger partial charge in [0.1, 0.15) is 6.33 Å². The lowest BCUT2D eigenvalue weighted by molar-refractivity contribution is -0.137. The summed E-state index contributed by atoms with van der Waals surface area (Å²) in [7, 11) is 0. The van der Waals surface area contributed by atoms with Gasteiger partial charge in [-0.05, 0) is 67.4 Å². The molecule has 2 N–H and O–H groups in total. The summed E-state index contributed by atoms with van der Waals surface area (Å²) in [5.74, 6) is 0.155. The maximum absolute atomic E-state index is 13.3. The lowest BCUT2D eigenvalue weighted by Crippen LogP contribution is -2.45. The molecule has 4 heterocycles. The SMILES string of the molecule is CC1=C(N2CCC3(CCN(C[C@H](O)c4ccc(-n5cnnn5)cc4)CC3)C2=O)COC1O. The van der Waals surface area contributed by atoms with Gasteiger partial charge in [0.15, 0.2) is 6.29 Å². The molecule has 10 nitrogen and oxygen atoms in total. The van der Waals surface area contributed by atoms with Crippen molar-refractivity contribution in [3.8, 4) is 5.69 Å². The van der Waals surface area contributed by atoms with E-state index in [1.54, 1.807) is 4.68 Å². The largest absolute Gasteiger partial charge is 0.387 e. The Morgan fingerprint density at radius 1 is 1.19 bits per heavy atom. The van der Waals surface area contributed by atoms with E-state index in [2.05, 4.69) is 20.4 Å². The van der Waals surface area contributed by atoms with Crippen LogP contribution in [0.1, 0.15) is 37.9 Å². The number of piperidine rings is 1. The molecule has 10 heteroatoms. The second kappa shape index (κ2) is 8.36. The number of carbonyl (C=O) groups excluding carboxylic acids is 1. The number of aliphatic hydroxyl groups is 2. The molecule has 2 aromatic rings. The molecular formula is C22H28N6O4. The Bertz CT molecular complexity index is 998. The zero-order valence-electron chi connectivity index (χ0n) is 18.1. The fraction of sp³-hybridized carbons (Fsp3) is 0.545. The van der Waals surface area contributed by atoms with Crippen molar-refractivity contribution >= 4 is 5.91 Å². The predicted molar refractivity (Wildman–Crippen MR) is 113 cm³/mol. The highest BCUT2D eigenvalue weighted by atomic mass is 16.6. The fourth-order valence-electron chi connectivity index (χ4n) is 5.01. The molecule has 5 rings (SSSR count). The Morgan fingerprint density at radius 3 is 2.53 bits per heavy atom. The Kier molecular flexibility index (Phi) is 5.54. The molecule has 0 saturated carbocycles. The first-order valence-electron chi connectivity index (χ1n) is 11.0. The number of amides is 1. The van der Waals surface area contributed by atoms with E-state index in [0.29, 0.717) is 19.7 Å². The van der Waals surface area contributed by atoms with Crippen LogP contribution in [-0.2, 0) is 9.53 Å². The van der Waals surface area contributed by atoms with Crippen molar-refractivity contribution in [2.45, 2.75) is 38.6 Å². The summed E-state index contributed by atoms with van der Waals surface area (Å²) in [6.07, 6.45) is 2.41. The molecule has 1 aromatic heterocycles. The van der Waals surface area contributed by atoms with Crippen LogP contribution in [-0.4, -0.2) is 85.2 Å². The van der Waals surface area contributed by atoms with Gasteiger partial charge in [0, 0.05) is 18.7 Å². The number of nitrogens with zero attached hydrogens (tertiary/aromatic N) is 6. The lowest BCUT2D eigenvalue weighted by Gasteiger charge is -2.38. The lowest BCUT2D eigenvalue weighted by atomic mass is 9.77. The van der Waals surface area contributed by atoms with E-state index < -0.39 is 12.4 Å². The second-order valence-corrected chi connectivity index (χ2v) is 8.94. The summed E-state index contributed by atoms with van der Waals surface area (Å²) in [5.41, 5.74) is 2.90. The maximum atomic E-state index is 13.3. The number of ether oxygens (including phenoxy) is 1. The van der Waals surface area contributed by atoms with E-state index in [1.807, 2.05) is 36.1 Å². The first-order chi connectivity index (χ1) is 15.5. The van der Waals surface area contributed by atoms with E-state index in [4.69, 9.17) is 4.74 Å². The average molecular weight is 441 g/mol. The van der Waals surface area contributed by atoms with Gasteiger partial charge < -0.3 is 24.7 Å². The predicted octanol–water partition coefficient (Wildman–Crippen LogP) is 0.633. The number of carbonyl (C=O) groups is 1. The number of tetrazole rings is 1. The zero-order valence-corrected chi connectivity index (χ0v) is 18.1. The van der Waals surface area contributed by atoms with Crippen LogP contribution in [0.2, 0.25) is 0 Å². The van der Waals surface area contributed by atoms with Crippen molar-refractivity contribution in [3.05, 3.63) is 47.4 Å². The number of hydrogen-bond donors (Lipinski definition) is 2. The molecule has 2 fully saturated rings. The van der Waals surface area contributed by atoms with Crippen LogP contribution in [0.5, 0.6) is 0 Å². The van der Waals surface area contributed by atoms with Crippen LogP contribution in [0.4, 0.5) is 0 Å². The highest BCUT2D eigenvalue weighted by molar-refractivity contribution is 5.86. The molecule has 2 atom stereocenters. The molecule has 1 spiro atoms. The molecule has 3 aliphatic rings. The quantitative estimate of drug-likeness (QED) is 0.696. The monoisotopic (exact) mass is 440 g/mol. The molecule has 170 valence electrons. The van der Waals surface area contributed by atoms with Crippen molar-refractivity contribution < 1.29 is 19.7 Å². The van der Waals surface area contributed by atoms with Crippen LogP contribution in [0.25, 0.3) is 5.69 Å². The van der Waals surface area contributed by atoms with E-state index in [-0.39, 0.29) is 11.3 Å². The number of benzene rings is 1. The van der Waals surface area contributed by atoms with Gasteiger partial charge in [0.05, 0.1) is 29.5 Å². The first kappa shape index (κ1) is 21.2. The fourth-order valence-corrected chi connectivity index (χ4v) is 5.01. The smallest absolute Gasteiger partial charge is 0.233 e. The Morgan fingerprint density at radius 2 is 1.91 bits per heavy atom. The van der Waals surface area contributed by atoms with Gasteiger partial charge >= 0.3 is 0 Å². The van der Waals surface area contributed by atoms with Gasteiger partial charge in [-0.1, -0.05) is 12.1 Å². The van der Waals surface area contributed by atoms with Crippen molar-refractivity contribution in [2.75, 3.05) is 32.8 Å². The Labute approximate surface area is 186 Å². The summed E-state index contributed by atoms with van der Waals surface area (Å²) in [5, 5.41) is 31.7. The van der Waals surface area contributed by atoms with Gasteiger partial charge in [-0.2, -0.15) is 0 Å². The summed E-state index contributed by atoms with van der Waals surface area (Å²) in [6.45, 7) is 4.87. The third kappa shape index (κ3) is 3.73. The number of aromatic nitrogens is 4. The Hall–Kier alpha value is -2.66. The highest BCUT2D eigenvalue weighted by Crippen LogP contribution is 2.44. The first-order valence-corrected chi connectivity index (χ1v) is 11.0. The molecule has 0 aliphatic carbocycles. The van der Waals surface area contributed by atoms with Crippen molar-refractivity contribution in [1.82, 2.24) is 30.0 Å². The van der Waals surface area contributed by atoms with Crippen molar-refractivity contribution in [2.24, 2.45) is 5.41 Å². The topological polar surface area (TPSA) is 117 Å². The van der Waals surface area contributed by atoms with Crippen molar-refractivity contribution in [3.63, 3.8) is 0 Å². The maximum Gasteiger partial charge on any atom is 0.233 e. The van der Waals surface area contributed by atoms with Crippen LogP contribution in [0.15, 0.2) is 41.9 Å². The molecule has 1 aromatic carbocycles. The average Bonchev–Trinajstić information content (AvgIpc) is 3.53. The molecule has 2 saturated heterocycles. The number of β-amino-alcohol motifs (C(OH)–C–C–N with tert-alkyl or cyclic N) is 1. The third-order valence-corrected chi connectivity index (χ3v) is 7.18. The van der Waals surface area contributed by atoms with Crippen LogP contribution >= 0.6 is 0 Å². The molecule has 0 bridgehead atoms. The molecule has 0 radical (unpaired) electrons. The van der Waals surface area contributed by atoms with Gasteiger partial charge in [0.25, 0.3) is 0 Å². The zero-order chi connectivity index (χ0) is 22.3. The van der Waals surface area contributed by atoms with Crippen LogP contribution in [0.3, 0.4) is 0 Å². The number of rotatable bonds is 5. The van der Waals surface area contributed by atoms with Gasteiger partial charge in [-0.25, -0.2) is 4.68 Å². The highest BCUT2D eigenvalue weighted by Gasteiger charge is 2.49.